The molecule has 1 saturated heterocycles. The Balaban J connectivity index is 2.05. The Hall–Kier alpha value is -0.450. The van der Waals surface area contributed by atoms with Crippen molar-refractivity contribution in [3.05, 3.63) is 16.1 Å². The van der Waals surface area contributed by atoms with Crippen molar-refractivity contribution < 1.29 is 0 Å². The standard InChI is InChI=1S/C15H27N3S/c1-6-13-7-16-14(15(3,4)5)9-18(13)8-12-10-19-11(2)17-12/h10,13-14,16H,6-9H2,1-5H3. The second-order valence-electron chi connectivity index (χ2n) is 6.68. The number of aromatic nitrogens is 1. The first-order valence-electron chi connectivity index (χ1n) is 7.28. The second kappa shape index (κ2) is 5.90. The summed E-state index contributed by atoms with van der Waals surface area (Å²) in [5.41, 5.74) is 1.55. The molecule has 0 spiro atoms. The van der Waals surface area contributed by atoms with Crippen molar-refractivity contribution in [2.24, 2.45) is 5.41 Å². The zero-order valence-electron chi connectivity index (χ0n) is 12.9. The Labute approximate surface area is 121 Å². The summed E-state index contributed by atoms with van der Waals surface area (Å²) in [4.78, 5) is 7.23. The van der Waals surface area contributed by atoms with E-state index >= 15 is 0 Å². The number of hydrogen-bond donors (Lipinski definition) is 1. The molecule has 2 rings (SSSR count). The summed E-state index contributed by atoms with van der Waals surface area (Å²) in [5.74, 6) is 0. The fraction of sp³-hybridized carbons (Fsp3) is 0.800. The van der Waals surface area contributed by atoms with E-state index in [1.807, 2.05) is 0 Å². The number of nitrogens with one attached hydrogen (secondary N) is 1. The zero-order chi connectivity index (χ0) is 14.0. The van der Waals surface area contributed by atoms with Crippen LogP contribution in [0.15, 0.2) is 5.38 Å². The number of aryl methyl sites for hydroxylation is 1. The van der Waals surface area contributed by atoms with Gasteiger partial charge in [-0.15, -0.1) is 11.3 Å². The number of hydrogen-bond acceptors (Lipinski definition) is 4. The summed E-state index contributed by atoms with van der Waals surface area (Å²) in [5, 5.41) is 7.10. The summed E-state index contributed by atoms with van der Waals surface area (Å²) >= 11 is 1.75. The maximum absolute atomic E-state index is 4.62. The highest BCUT2D eigenvalue weighted by Gasteiger charge is 2.33. The highest BCUT2D eigenvalue weighted by Crippen LogP contribution is 2.25. The van der Waals surface area contributed by atoms with E-state index in [9.17, 15) is 0 Å². The van der Waals surface area contributed by atoms with Gasteiger partial charge in [-0.25, -0.2) is 4.98 Å². The van der Waals surface area contributed by atoms with Crippen molar-refractivity contribution in [2.75, 3.05) is 13.1 Å². The molecule has 0 bridgehead atoms. The van der Waals surface area contributed by atoms with E-state index in [0.29, 0.717) is 17.5 Å². The average molecular weight is 281 g/mol. The van der Waals surface area contributed by atoms with Gasteiger partial charge in [0.1, 0.15) is 0 Å². The highest BCUT2D eigenvalue weighted by atomic mass is 32.1. The average Bonchev–Trinajstić information content (AvgIpc) is 2.73. The van der Waals surface area contributed by atoms with Crippen LogP contribution >= 0.6 is 11.3 Å². The van der Waals surface area contributed by atoms with Crippen LogP contribution in [0.3, 0.4) is 0 Å². The minimum absolute atomic E-state index is 0.314. The van der Waals surface area contributed by atoms with Crippen LogP contribution in [0.2, 0.25) is 0 Å². The van der Waals surface area contributed by atoms with Gasteiger partial charge in [-0.1, -0.05) is 27.7 Å². The number of rotatable bonds is 3. The molecule has 4 heteroatoms. The Morgan fingerprint density at radius 1 is 1.47 bits per heavy atom. The largest absolute Gasteiger partial charge is 0.311 e. The lowest BCUT2D eigenvalue weighted by Crippen LogP contribution is -2.59. The lowest BCUT2D eigenvalue weighted by Gasteiger charge is -2.44. The molecule has 0 saturated carbocycles. The molecule has 2 unspecified atom stereocenters. The van der Waals surface area contributed by atoms with Gasteiger partial charge in [-0.2, -0.15) is 0 Å². The number of nitrogens with zero attached hydrogens (tertiary/aromatic N) is 2. The third-order valence-electron chi connectivity index (χ3n) is 4.08. The van der Waals surface area contributed by atoms with Crippen LogP contribution in [0, 0.1) is 12.3 Å². The Morgan fingerprint density at radius 3 is 2.74 bits per heavy atom. The van der Waals surface area contributed by atoms with Gasteiger partial charge >= 0.3 is 0 Å². The molecule has 0 aliphatic carbocycles. The lowest BCUT2D eigenvalue weighted by molar-refractivity contribution is 0.0766. The summed E-state index contributed by atoms with van der Waals surface area (Å²) in [6, 6.07) is 1.20. The van der Waals surface area contributed by atoms with Gasteiger partial charge in [0.15, 0.2) is 0 Å². The molecule has 1 N–H and O–H groups in total. The smallest absolute Gasteiger partial charge is 0.0897 e. The molecule has 0 amide bonds. The zero-order valence-corrected chi connectivity index (χ0v) is 13.7. The van der Waals surface area contributed by atoms with E-state index in [1.165, 1.54) is 17.1 Å². The second-order valence-corrected chi connectivity index (χ2v) is 7.74. The molecule has 0 radical (unpaired) electrons. The van der Waals surface area contributed by atoms with Crippen molar-refractivity contribution in [1.82, 2.24) is 15.2 Å². The molecule has 1 fully saturated rings. The number of piperazine rings is 1. The van der Waals surface area contributed by atoms with Gasteiger partial charge in [0.05, 0.1) is 10.7 Å². The Kier molecular flexibility index (Phi) is 4.64. The minimum Gasteiger partial charge on any atom is -0.311 e. The molecule has 1 aliphatic heterocycles. The summed E-state index contributed by atoms with van der Waals surface area (Å²) < 4.78 is 0. The van der Waals surface area contributed by atoms with Gasteiger partial charge in [-0.3, -0.25) is 4.90 Å². The first-order valence-corrected chi connectivity index (χ1v) is 8.16. The summed E-state index contributed by atoms with van der Waals surface area (Å²) in [7, 11) is 0. The van der Waals surface area contributed by atoms with Crippen LogP contribution in [0.5, 0.6) is 0 Å². The first-order chi connectivity index (χ1) is 8.90. The summed E-state index contributed by atoms with van der Waals surface area (Å²) in [6.45, 7) is 14.5. The third kappa shape index (κ3) is 3.77. The molecule has 0 aromatic carbocycles. The monoisotopic (exact) mass is 281 g/mol. The highest BCUT2D eigenvalue weighted by molar-refractivity contribution is 7.09. The Bertz CT molecular complexity index is 408. The molecule has 19 heavy (non-hydrogen) atoms. The molecule has 3 nitrogen and oxygen atoms in total. The van der Waals surface area contributed by atoms with Crippen LogP contribution in [0.25, 0.3) is 0 Å². The van der Waals surface area contributed by atoms with Crippen molar-refractivity contribution in [3.63, 3.8) is 0 Å². The summed E-state index contributed by atoms with van der Waals surface area (Å²) in [6.07, 6.45) is 1.20. The maximum atomic E-state index is 4.62. The van der Waals surface area contributed by atoms with Gasteiger partial charge in [0.25, 0.3) is 0 Å². The van der Waals surface area contributed by atoms with Gasteiger partial charge in [0, 0.05) is 37.1 Å². The van der Waals surface area contributed by atoms with Crippen LogP contribution in [-0.2, 0) is 6.54 Å². The lowest BCUT2D eigenvalue weighted by atomic mass is 9.84. The quantitative estimate of drug-likeness (QED) is 0.923. The van der Waals surface area contributed by atoms with Crippen LogP contribution in [0.4, 0.5) is 0 Å². The maximum Gasteiger partial charge on any atom is 0.0897 e. The van der Waals surface area contributed by atoms with E-state index in [4.69, 9.17) is 0 Å². The van der Waals surface area contributed by atoms with Crippen molar-refractivity contribution in [1.29, 1.82) is 0 Å². The SMILES string of the molecule is CCC1CNC(C(C)(C)C)CN1Cc1csc(C)n1. The fourth-order valence-corrected chi connectivity index (χ4v) is 3.32. The van der Waals surface area contributed by atoms with Crippen molar-refractivity contribution in [3.8, 4) is 0 Å². The molecule has 1 aromatic heterocycles. The molecule has 1 aromatic rings. The van der Waals surface area contributed by atoms with Crippen LogP contribution < -0.4 is 5.32 Å². The molecule has 2 heterocycles. The van der Waals surface area contributed by atoms with E-state index in [2.05, 4.69) is 55.2 Å². The Morgan fingerprint density at radius 2 is 2.21 bits per heavy atom. The molecule has 1 aliphatic rings. The van der Waals surface area contributed by atoms with E-state index in [-0.39, 0.29) is 0 Å². The van der Waals surface area contributed by atoms with Crippen LogP contribution in [-0.4, -0.2) is 35.1 Å². The predicted octanol–water partition coefficient (Wildman–Crippen LogP) is 3.05. The number of thiazole rings is 1. The molecule has 108 valence electrons. The van der Waals surface area contributed by atoms with Crippen molar-refractivity contribution >= 4 is 11.3 Å². The molecular weight excluding hydrogens is 254 g/mol. The third-order valence-corrected chi connectivity index (χ3v) is 4.90. The van der Waals surface area contributed by atoms with Gasteiger partial charge in [0.2, 0.25) is 0 Å². The predicted molar refractivity (Wildman–Crippen MR) is 82.6 cm³/mol. The van der Waals surface area contributed by atoms with Crippen LogP contribution in [0.1, 0.15) is 44.8 Å². The topological polar surface area (TPSA) is 28.2 Å². The van der Waals surface area contributed by atoms with Gasteiger partial charge in [-0.05, 0) is 18.8 Å². The van der Waals surface area contributed by atoms with Crippen molar-refractivity contribution in [2.45, 2.75) is 59.7 Å². The molecule has 2 atom stereocenters. The van der Waals surface area contributed by atoms with E-state index in [1.54, 1.807) is 11.3 Å². The van der Waals surface area contributed by atoms with E-state index < -0.39 is 0 Å². The normalized spacial score (nSPS) is 25.7. The molecular formula is C15H27N3S. The minimum atomic E-state index is 0.314. The van der Waals surface area contributed by atoms with E-state index in [0.717, 1.165) is 19.6 Å². The fourth-order valence-electron chi connectivity index (χ4n) is 2.72. The van der Waals surface area contributed by atoms with Gasteiger partial charge < -0.3 is 5.32 Å². The first kappa shape index (κ1) is 14.9.